The lowest BCUT2D eigenvalue weighted by Gasteiger charge is -2.33. The average molecular weight is 477 g/mol. The maximum Gasteiger partial charge on any atom is 0.405 e. The Bertz CT molecular complexity index is 999. The number of hydrogen-bond donors (Lipinski definition) is 1. The summed E-state index contributed by atoms with van der Waals surface area (Å²) >= 11 is 1.62. The first-order valence-electron chi connectivity index (χ1n) is 9.69. The van der Waals surface area contributed by atoms with Gasteiger partial charge in [-0.05, 0) is 30.7 Å². The molecule has 0 saturated carbocycles. The van der Waals surface area contributed by atoms with E-state index in [9.17, 15) is 26.4 Å². The molecule has 0 radical (unpaired) electrons. The molecule has 1 N–H and O–H groups in total. The highest BCUT2D eigenvalue weighted by Crippen LogP contribution is 2.20. The third kappa shape index (κ3) is 6.25. The van der Waals surface area contributed by atoms with E-state index in [0.29, 0.717) is 32.7 Å². The van der Waals surface area contributed by atoms with Gasteiger partial charge in [-0.3, -0.25) is 9.69 Å². The molecule has 12 heteroatoms. The van der Waals surface area contributed by atoms with Crippen LogP contribution in [0.4, 0.5) is 13.2 Å². The number of alkyl halides is 3. The Kier molecular flexibility index (Phi) is 7.35. The quantitative estimate of drug-likeness (QED) is 0.664. The fraction of sp³-hybridized carbons (Fsp3) is 0.474. The lowest BCUT2D eigenvalue weighted by atomic mass is 10.2. The van der Waals surface area contributed by atoms with Gasteiger partial charge in [0.05, 0.1) is 15.6 Å². The molecule has 0 unspecified atom stereocenters. The first kappa shape index (κ1) is 23.6. The van der Waals surface area contributed by atoms with Crippen molar-refractivity contribution in [2.75, 3.05) is 32.7 Å². The van der Waals surface area contributed by atoms with E-state index in [2.05, 4.69) is 9.88 Å². The van der Waals surface area contributed by atoms with Crippen molar-refractivity contribution in [1.82, 2.24) is 19.5 Å². The number of halogens is 3. The molecular formula is C19H23F3N4O3S2. The largest absolute Gasteiger partial charge is 0.405 e. The number of benzene rings is 1. The predicted octanol–water partition coefficient (Wildman–Crippen LogP) is 2.50. The lowest BCUT2D eigenvalue weighted by molar-refractivity contribution is -0.123. The van der Waals surface area contributed by atoms with Gasteiger partial charge in [0.1, 0.15) is 6.54 Å². The summed E-state index contributed by atoms with van der Waals surface area (Å²) in [4.78, 5) is 18.5. The molecule has 0 bridgehead atoms. The first-order chi connectivity index (χ1) is 14.6. The van der Waals surface area contributed by atoms with Gasteiger partial charge >= 0.3 is 6.18 Å². The zero-order valence-electron chi connectivity index (χ0n) is 16.9. The van der Waals surface area contributed by atoms with Gasteiger partial charge in [0.2, 0.25) is 10.0 Å². The number of carbonyl (C=O) groups is 1. The summed E-state index contributed by atoms with van der Waals surface area (Å²) in [5, 5.41) is 4.85. The van der Waals surface area contributed by atoms with Crippen LogP contribution in [0.1, 0.15) is 28.0 Å². The molecule has 0 atom stereocenters. The standard InChI is InChI=1S/C19H23F3N4O3S2/c1-2-17-24-15(12-30-17)11-25-7-9-26(10-8-25)31(28,29)16-5-3-14(4-6-16)18(27)23-13-19(20,21)22/h3-6,12H,2,7-11,13H2,1H3,(H,23,27). The molecule has 0 aliphatic carbocycles. The minimum absolute atomic E-state index is 0.000380. The summed E-state index contributed by atoms with van der Waals surface area (Å²) in [5.74, 6) is -0.914. The van der Waals surface area contributed by atoms with E-state index < -0.39 is 28.7 Å². The molecule has 31 heavy (non-hydrogen) atoms. The van der Waals surface area contributed by atoms with Crippen molar-refractivity contribution in [2.45, 2.75) is 31.0 Å². The Hall–Kier alpha value is -2.02. The molecule has 1 aliphatic heterocycles. The van der Waals surface area contributed by atoms with Crippen molar-refractivity contribution in [2.24, 2.45) is 0 Å². The molecule has 1 aromatic carbocycles. The van der Waals surface area contributed by atoms with Crippen LogP contribution in [0.25, 0.3) is 0 Å². The molecule has 1 aliphatic rings. The molecule has 2 heterocycles. The second-order valence-electron chi connectivity index (χ2n) is 7.09. The number of amides is 1. The first-order valence-corrected chi connectivity index (χ1v) is 12.0. The number of hydrogen-bond acceptors (Lipinski definition) is 6. The smallest absolute Gasteiger partial charge is 0.343 e. The fourth-order valence-corrected chi connectivity index (χ4v) is 5.31. The Labute approximate surface area is 182 Å². The van der Waals surface area contributed by atoms with E-state index in [1.807, 2.05) is 12.3 Å². The Balaban J connectivity index is 1.57. The lowest BCUT2D eigenvalue weighted by Crippen LogP contribution is -2.48. The van der Waals surface area contributed by atoms with Crippen molar-refractivity contribution in [3.05, 3.63) is 45.9 Å². The molecule has 1 fully saturated rings. The molecule has 170 valence electrons. The van der Waals surface area contributed by atoms with Crippen LogP contribution in [-0.2, 0) is 23.0 Å². The van der Waals surface area contributed by atoms with Crippen LogP contribution in [0.5, 0.6) is 0 Å². The molecule has 7 nitrogen and oxygen atoms in total. The number of aromatic nitrogens is 1. The van der Waals surface area contributed by atoms with Gasteiger partial charge in [0.15, 0.2) is 0 Å². The minimum atomic E-state index is -4.52. The molecule has 3 rings (SSSR count). The summed E-state index contributed by atoms with van der Waals surface area (Å²) in [6.07, 6.45) is -3.63. The number of thiazole rings is 1. The second kappa shape index (κ2) is 9.63. The van der Waals surface area contributed by atoms with Crippen LogP contribution in [0.15, 0.2) is 34.5 Å². The van der Waals surface area contributed by atoms with Gasteiger partial charge in [0, 0.05) is 43.7 Å². The van der Waals surface area contributed by atoms with Crippen LogP contribution >= 0.6 is 11.3 Å². The summed E-state index contributed by atoms with van der Waals surface area (Å²) in [7, 11) is -3.75. The van der Waals surface area contributed by atoms with Crippen LogP contribution in [0.3, 0.4) is 0 Å². The van der Waals surface area contributed by atoms with E-state index in [1.54, 1.807) is 16.7 Å². The van der Waals surface area contributed by atoms with Crippen molar-refractivity contribution in [3.8, 4) is 0 Å². The molecule has 1 amide bonds. The van der Waals surface area contributed by atoms with E-state index in [4.69, 9.17) is 0 Å². The number of nitrogens with one attached hydrogen (secondary N) is 1. The number of piperazine rings is 1. The van der Waals surface area contributed by atoms with Gasteiger partial charge in [0.25, 0.3) is 5.91 Å². The number of nitrogens with zero attached hydrogens (tertiary/aromatic N) is 3. The predicted molar refractivity (Wildman–Crippen MR) is 110 cm³/mol. The highest BCUT2D eigenvalue weighted by atomic mass is 32.2. The summed E-state index contributed by atoms with van der Waals surface area (Å²) in [6.45, 7) is 3.05. The topological polar surface area (TPSA) is 82.6 Å². The van der Waals surface area contributed by atoms with Crippen molar-refractivity contribution < 1.29 is 26.4 Å². The normalized spacial score (nSPS) is 16.4. The van der Waals surface area contributed by atoms with Crippen molar-refractivity contribution in [1.29, 1.82) is 0 Å². The second-order valence-corrected chi connectivity index (χ2v) is 9.97. The fourth-order valence-electron chi connectivity index (χ4n) is 3.15. The summed E-state index contributed by atoms with van der Waals surface area (Å²) < 4.78 is 63.8. The van der Waals surface area contributed by atoms with E-state index in [0.717, 1.165) is 17.1 Å². The van der Waals surface area contributed by atoms with Crippen LogP contribution in [0, 0.1) is 0 Å². The third-order valence-electron chi connectivity index (χ3n) is 4.82. The number of aryl methyl sites for hydroxylation is 1. The van der Waals surface area contributed by atoms with Gasteiger partial charge in [-0.1, -0.05) is 6.92 Å². The van der Waals surface area contributed by atoms with Crippen LogP contribution in [-0.4, -0.2) is 67.4 Å². The highest BCUT2D eigenvalue weighted by molar-refractivity contribution is 7.89. The monoisotopic (exact) mass is 476 g/mol. The molecule has 0 spiro atoms. The zero-order valence-corrected chi connectivity index (χ0v) is 18.5. The van der Waals surface area contributed by atoms with Crippen LogP contribution in [0.2, 0.25) is 0 Å². The van der Waals surface area contributed by atoms with Gasteiger partial charge in [-0.15, -0.1) is 11.3 Å². The Morgan fingerprint density at radius 3 is 2.35 bits per heavy atom. The van der Waals surface area contributed by atoms with E-state index in [-0.39, 0.29) is 10.5 Å². The third-order valence-corrected chi connectivity index (χ3v) is 7.78. The molecule has 1 aromatic heterocycles. The highest BCUT2D eigenvalue weighted by Gasteiger charge is 2.30. The zero-order chi connectivity index (χ0) is 22.6. The molecule has 1 saturated heterocycles. The SMILES string of the molecule is CCc1nc(CN2CCN(S(=O)(=O)c3ccc(C(=O)NCC(F)(F)F)cc3)CC2)cs1. The average Bonchev–Trinajstić information content (AvgIpc) is 3.19. The minimum Gasteiger partial charge on any atom is -0.343 e. The molecule has 2 aromatic rings. The van der Waals surface area contributed by atoms with E-state index >= 15 is 0 Å². The van der Waals surface area contributed by atoms with Crippen LogP contribution < -0.4 is 5.32 Å². The van der Waals surface area contributed by atoms with Gasteiger partial charge in [-0.25, -0.2) is 13.4 Å². The maximum atomic E-state index is 12.9. The number of carbonyl (C=O) groups excluding carboxylic acids is 1. The Morgan fingerprint density at radius 2 is 1.81 bits per heavy atom. The van der Waals surface area contributed by atoms with E-state index in [1.165, 1.54) is 28.6 Å². The number of rotatable bonds is 7. The molecular weight excluding hydrogens is 453 g/mol. The maximum absolute atomic E-state index is 12.9. The van der Waals surface area contributed by atoms with Gasteiger partial charge in [-0.2, -0.15) is 17.5 Å². The Morgan fingerprint density at radius 1 is 1.16 bits per heavy atom. The number of sulfonamides is 1. The van der Waals surface area contributed by atoms with Crippen molar-refractivity contribution in [3.63, 3.8) is 0 Å². The van der Waals surface area contributed by atoms with Gasteiger partial charge < -0.3 is 5.32 Å². The summed E-state index contributed by atoms with van der Waals surface area (Å²) in [5.41, 5.74) is 0.945. The summed E-state index contributed by atoms with van der Waals surface area (Å²) in [6, 6.07) is 4.91. The van der Waals surface area contributed by atoms with Crippen molar-refractivity contribution >= 4 is 27.3 Å².